The number of hydrogen-bond acceptors (Lipinski definition) is 3. The van der Waals surface area contributed by atoms with Crippen LogP contribution in [0.1, 0.15) is 22.3 Å². The summed E-state index contributed by atoms with van der Waals surface area (Å²) < 4.78 is 12.8. The van der Waals surface area contributed by atoms with E-state index in [4.69, 9.17) is 11.6 Å². The standard InChI is InChI=1S/C17H15ClFNO3/c18-13-5-3-12(4-6-13)16(21)9-15(17(22)23)20-10-11-1-7-14(19)8-2-11/h1-8,15,20H,9-10H2,(H,22,23)/t15-/m1/s1. The van der Waals surface area contributed by atoms with E-state index in [0.29, 0.717) is 17.1 Å². The third-order valence-electron chi connectivity index (χ3n) is 3.43. The number of halogens is 2. The van der Waals surface area contributed by atoms with E-state index in [9.17, 15) is 19.1 Å². The van der Waals surface area contributed by atoms with Crippen molar-refractivity contribution in [3.8, 4) is 0 Å². The average Bonchev–Trinajstić information content (AvgIpc) is 2.53. The number of hydrogen-bond donors (Lipinski definition) is 1. The summed E-state index contributed by atoms with van der Waals surface area (Å²) >= 11 is 5.75. The van der Waals surface area contributed by atoms with Crippen LogP contribution in [0.2, 0.25) is 5.02 Å². The molecule has 120 valence electrons. The second-order valence-electron chi connectivity index (χ2n) is 5.13. The zero-order valence-electron chi connectivity index (χ0n) is 12.2. The van der Waals surface area contributed by atoms with Gasteiger partial charge in [0.1, 0.15) is 18.4 Å². The van der Waals surface area contributed by atoms with Crippen LogP contribution in [0.4, 0.5) is 4.39 Å². The van der Waals surface area contributed by atoms with Crippen LogP contribution in [0, 0.1) is 5.82 Å². The van der Waals surface area contributed by atoms with Gasteiger partial charge < -0.3 is 15.2 Å². The van der Waals surface area contributed by atoms with Gasteiger partial charge in [0.05, 0.1) is 12.4 Å². The molecule has 6 heteroatoms. The highest BCUT2D eigenvalue weighted by atomic mass is 35.5. The molecule has 23 heavy (non-hydrogen) atoms. The number of benzene rings is 2. The van der Waals surface area contributed by atoms with E-state index in [1.54, 1.807) is 36.4 Å². The fourth-order valence-corrected chi connectivity index (χ4v) is 2.24. The van der Waals surface area contributed by atoms with Crippen molar-refractivity contribution >= 4 is 23.4 Å². The summed E-state index contributed by atoms with van der Waals surface area (Å²) in [6.07, 6.45) is -0.189. The van der Waals surface area contributed by atoms with Crippen LogP contribution in [0.3, 0.4) is 0 Å². The Balaban J connectivity index is 1.98. The molecule has 0 amide bonds. The monoisotopic (exact) mass is 335 g/mol. The lowest BCUT2D eigenvalue weighted by atomic mass is 10.0. The average molecular weight is 336 g/mol. The molecule has 0 unspecified atom stereocenters. The quantitative estimate of drug-likeness (QED) is 0.765. The number of rotatable bonds is 7. The van der Waals surface area contributed by atoms with Crippen molar-refractivity contribution in [3.05, 3.63) is 70.5 Å². The summed E-state index contributed by atoms with van der Waals surface area (Å²) in [6.45, 7) is 0.312. The summed E-state index contributed by atoms with van der Waals surface area (Å²) in [4.78, 5) is 23.3. The number of carbonyl (C=O) groups is 2. The molecule has 1 atom stereocenters. The van der Waals surface area contributed by atoms with Gasteiger partial charge in [-0.1, -0.05) is 23.7 Å². The molecular weight excluding hydrogens is 321 g/mol. The van der Waals surface area contributed by atoms with E-state index < -0.39 is 12.0 Å². The zero-order valence-corrected chi connectivity index (χ0v) is 12.9. The topological polar surface area (TPSA) is 73.8 Å². The van der Waals surface area contributed by atoms with Crippen LogP contribution in [0.15, 0.2) is 48.5 Å². The second-order valence-corrected chi connectivity index (χ2v) is 5.56. The van der Waals surface area contributed by atoms with Crippen molar-refractivity contribution in [1.29, 1.82) is 0 Å². The molecule has 0 saturated heterocycles. The number of Topliss-reactive ketones (excluding diaryl/α,β-unsaturated/α-hetero) is 1. The van der Waals surface area contributed by atoms with E-state index in [2.05, 4.69) is 0 Å². The van der Waals surface area contributed by atoms with Crippen molar-refractivity contribution in [1.82, 2.24) is 0 Å². The lowest BCUT2D eigenvalue weighted by Crippen LogP contribution is -2.92. The molecule has 0 fully saturated rings. The van der Waals surface area contributed by atoms with Gasteiger partial charge in [0, 0.05) is 16.1 Å². The number of carbonyl (C=O) groups excluding carboxylic acids is 2. The van der Waals surface area contributed by atoms with Gasteiger partial charge in [-0.25, -0.2) is 4.39 Å². The lowest BCUT2D eigenvalue weighted by Gasteiger charge is -2.16. The summed E-state index contributed by atoms with van der Waals surface area (Å²) in [5.74, 6) is -1.97. The van der Waals surface area contributed by atoms with Crippen molar-refractivity contribution in [2.75, 3.05) is 0 Å². The fourth-order valence-electron chi connectivity index (χ4n) is 2.12. The Morgan fingerprint density at radius 2 is 1.70 bits per heavy atom. The molecule has 4 nitrogen and oxygen atoms in total. The minimum Gasteiger partial charge on any atom is -0.544 e. The normalized spacial score (nSPS) is 11.9. The Kier molecular flexibility index (Phi) is 5.84. The Labute approximate surface area is 137 Å². The van der Waals surface area contributed by atoms with Crippen molar-refractivity contribution in [3.63, 3.8) is 0 Å². The van der Waals surface area contributed by atoms with E-state index in [0.717, 1.165) is 5.56 Å². The van der Waals surface area contributed by atoms with Crippen molar-refractivity contribution in [2.45, 2.75) is 19.0 Å². The lowest BCUT2D eigenvalue weighted by molar-refractivity contribution is -0.697. The van der Waals surface area contributed by atoms with Gasteiger partial charge in [0.2, 0.25) is 0 Å². The third kappa shape index (κ3) is 5.16. The predicted octanol–water partition coefficient (Wildman–Crippen LogP) is 0.934. The molecule has 2 rings (SSSR count). The molecule has 0 aliphatic rings. The molecule has 0 aliphatic heterocycles. The van der Waals surface area contributed by atoms with Crippen molar-refractivity contribution in [2.24, 2.45) is 0 Å². The molecule has 0 aliphatic carbocycles. The third-order valence-corrected chi connectivity index (χ3v) is 3.68. The number of carboxylic acid groups (broad SMARTS) is 1. The maximum absolute atomic E-state index is 12.8. The highest BCUT2D eigenvalue weighted by Gasteiger charge is 2.19. The van der Waals surface area contributed by atoms with Crippen LogP contribution in [-0.4, -0.2) is 17.8 Å². The summed E-state index contributed by atoms with van der Waals surface area (Å²) in [5.41, 5.74) is 1.16. The minimum absolute atomic E-state index is 0.189. The van der Waals surface area contributed by atoms with Gasteiger partial charge in [-0.05, 0) is 36.4 Å². The molecule has 0 spiro atoms. The minimum atomic E-state index is -1.31. The van der Waals surface area contributed by atoms with Crippen LogP contribution in [-0.2, 0) is 11.3 Å². The van der Waals surface area contributed by atoms with Crippen LogP contribution >= 0.6 is 11.6 Å². The highest BCUT2D eigenvalue weighted by Crippen LogP contribution is 2.11. The highest BCUT2D eigenvalue weighted by molar-refractivity contribution is 6.30. The molecule has 2 N–H and O–H groups in total. The van der Waals surface area contributed by atoms with E-state index in [1.807, 2.05) is 0 Å². The van der Waals surface area contributed by atoms with Gasteiger partial charge in [-0.3, -0.25) is 4.79 Å². The summed E-state index contributed by atoms with van der Waals surface area (Å²) in [6, 6.07) is 11.0. The molecule has 0 radical (unpaired) electrons. The Hall–Kier alpha value is -2.24. The summed E-state index contributed by atoms with van der Waals surface area (Å²) in [5, 5.41) is 13.2. The van der Waals surface area contributed by atoms with Gasteiger partial charge in [-0.15, -0.1) is 0 Å². The van der Waals surface area contributed by atoms with Crippen LogP contribution in [0.25, 0.3) is 0 Å². The van der Waals surface area contributed by atoms with Crippen molar-refractivity contribution < 1.29 is 24.4 Å². The van der Waals surface area contributed by atoms with Gasteiger partial charge in [0.15, 0.2) is 5.78 Å². The maximum atomic E-state index is 12.8. The largest absolute Gasteiger partial charge is 0.544 e. The molecule has 2 aromatic carbocycles. The van der Waals surface area contributed by atoms with Crippen LogP contribution in [0.5, 0.6) is 0 Å². The number of ketones is 1. The first kappa shape index (κ1) is 17.1. The predicted molar refractivity (Wildman–Crippen MR) is 81.2 cm³/mol. The Morgan fingerprint density at radius 1 is 1.09 bits per heavy atom. The second kappa shape index (κ2) is 7.85. The first-order valence-electron chi connectivity index (χ1n) is 7.03. The maximum Gasteiger partial charge on any atom is 0.169 e. The van der Waals surface area contributed by atoms with E-state index in [1.165, 1.54) is 17.4 Å². The number of aliphatic carboxylic acids is 1. The fraction of sp³-hybridized carbons (Fsp3) is 0.176. The molecular formula is C17H15ClFNO3. The molecule has 0 heterocycles. The zero-order chi connectivity index (χ0) is 16.8. The van der Waals surface area contributed by atoms with Crippen LogP contribution < -0.4 is 10.4 Å². The van der Waals surface area contributed by atoms with E-state index in [-0.39, 0.29) is 18.0 Å². The SMILES string of the molecule is O=C(C[C@@H]([NH2+]Cc1ccc(F)cc1)C(=O)[O-])c1ccc(Cl)cc1. The summed E-state index contributed by atoms with van der Waals surface area (Å²) in [7, 11) is 0. The van der Waals surface area contributed by atoms with Gasteiger partial charge in [-0.2, -0.15) is 0 Å². The number of carboxylic acids is 1. The van der Waals surface area contributed by atoms with Gasteiger partial charge in [0.25, 0.3) is 0 Å². The number of nitrogens with two attached hydrogens (primary N) is 1. The van der Waals surface area contributed by atoms with Gasteiger partial charge >= 0.3 is 0 Å². The Morgan fingerprint density at radius 3 is 2.26 bits per heavy atom. The van der Waals surface area contributed by atoms with E-state index >= 15 is 0 Å². The molecule has 0 aromatic heterocycles. The Bertz CT molecular complexity index is 686. The molecule has 0 saturated carbocycles. The first-order valence-corrected chi connectivity index (χ1v) is 7.41. The molecule has 0 bridgehead atoms. The molecule has 2 aromatic rings. The number of quaternary nitrogens is 1. The smallest absolute Gasteiger partial charge is 0.169 e. The first-order chi connectivity index (χ1) is 11.0.